The molecule has 1 heterocycles. The molecular formula is C13H12INO2. The van der Waals surface area contributed by atoms with Crippen LogP contribution in [0.5, 0.6) is 5.75 Å². The van der Waals surface area contributed by atoms with Crippen molar-refractivity contribution in [2.24, 2.45) is 0 Å². The van der Waals surface area contributed by atoms with Gasteiger partial charge in [-0.2, -0.15) is 0 Å². The summed E-state index contributed by atoms with van der Waals surface area (Å²) in [6.45, 7) is 0.527. The highest BCUT2D eigenvalue weighted by Gasteiger charge is 2.05. The molecule has 4 heteroatoms. The monoisotopic (exact) mass is 341 g/mol. The number of nitrogens with zero attached hydrogens (tertiary/aromatic N) is 1. The summed E-state index contributed by atoms with van der Waals surface area (Å²) in [6, 6.07) is 11.1. The van der Waals surface area contributed by atoms with Crippen LogP contribution in [0.3, 0.4) is 0 Å². The normalized spacial score (nSPS) is 10.2. The van der Waals surface area contributed by atoms with Gasteiger partial charge < -0.3 is 9.30 Å². The highest BCUT2D eigenvalue weighted by Crippen LogP contribution is 2.21. The average molecular weight is 341 g/mol. The van der Waals surface area contributed by atoms with Crippen LogP contribution in [0.2, 0.25) is 0 Å². The van der Waals surface area contributed by atoms with E-state index in [-0.39, 0.29) is 5.56 Å². The lowest BCUT2D eigenvalue weighted by atomic mass is 10.2. The van der Waals surface area contributed by atoms with Crippen molar-refractivity contribution >= 4 is 22.6 Å². The lowest BCUT2D eigenvalue weighted by Crippen LogP contribution is -2.18. The Labute approximate surface area is 113 Å². The first-order valence-corrected chi connectivity index (χ1v) is 6.26. The molecule has 0 radical (unpaired) electrons. The summed E-state index contributed by atoms with van der Waals surface area (Å²) in [5.41, 5.74) is 1.00. The second-order valence-electron chi connectivity index (χ2n) is 3.62. The van der Waals surface area contributed by atoms with E-state index in [0.717, 1.165) is 14.9 Å². The molecule has 2 aromatic rings. The Hall–Kier alpha value is -1.30. The van der Waals surface area contributed by atoms with E-state index in [1.165, 1.54) is 0 Å². The van der Waals surface area contributed by atoms with Crippen molar-refractivity contribution < 1.29 is 4.74 Å². The molecule has 0 aliphatic rings. The first kappa shape index (κ1) is 12.2. The van der Waals surface area contributed by atoms with Crippen LogP contribution in [0.25, 0.3) is 0 Å². The lowest BCUT2D eigenvalue weighted by Gasteiger charge is -2.10. The molecule has 3 nitrogen and oxygen atoms in total. The first-order valence-electron chi connectivity index (χ1n) is 5.18. The van der Waals surface area contributed by atoms with Crippen LogP contribution < -0.4 is 10.3 Å². The fourth-order valence-corrected chi connectivity index (χ4v) is 2.20. The Morgan fingerprint density at radius 3 is 2.82 bits per heavy atom. The number of hydrogen-bond acceptors (Lipinski definition) is 2. The first-order chi connectivity index (χ1) is 8.20. The molecule has 0 N–H and O–H groups in total. The SMILES string of the molecule is COc1ccc(I)cc1Cn1ccccc1=O. The maximum Gasteiger partial charge on any atom is 0.250 e. The second-order valence-corrected chi connectivity index (χ2v) is 4.87. The summed E-state index contributed by atoms with van der Waals surface area (Å²) in [7, 11) is 1.64. The van der Waals surface area contributed by atoms with E-state index >= 15 is 0 Å². The van der Waals surface area contributed by atoms with Crippen molar-refractivity contribution in [1.29, 1.82) is 0 Å². The Morgan fingerprint density at radius 1 is 1.29 bits per heavy atom. The fourth-order valence-electron chi connectivity index (χ4n) is 1.65. The van der Waals surface area contributed by atoms with Crippen molar-refractivity contribution in [3.8, 4) is 5.75 Å². The Kier molecular flexibility index (Phi) is 3.83. The van der Waals surface area contributed by atoms with Gasteiger partial charge in [0.05, 0.1) is 13.7 Å². The smallest absolute Gasteiger partial charge is 0.250 e. The van der Waals surface area contributed by atoms with E-state index in [9.17, 15) is 4.79 Å². The van der Waals surface area contributed by atoms with E-state index < -0.39 is 0 Å². The zero-order chi connectivity index (χ0) is 12.3. The molecule has 0 aliphatic carbocycles. The Bertz CT molecular complexity index is 578. The average Bonchev–Trinajstić information content (AvgIpc) is 2.32. The van der Waals surface area contributed by atoms with Crippen molar-refractivity contribution in [3.05, 3.63) is 62.1 Å². The molecule has 0 atom stereocenters. The molecule has 1 aromatic carbocycles. The van der Waals surface area contributed by atoms with Crippen LogP contribution in [-0.4, -0.2) is 11.7 Å². The van der Waals surface area contributed by atoms with Crippen LogP contribution in [0.15, 0.2) is 47.4 Å². The number of methoxy groups -OCH3 is 1. The molecule has 0 amide bonds. The summed E-state index contributed by atoms with van der Waals surface area (Å²) in [6.07, 6.45) is 1.78. The van der Waals surface area contributed by atoms with Crippen molar-refractivity contribution in [1.82, 2.24) is 4.57 Å². The molecule has 17 heavy (non-hydrogen) atoms. The molecule has 1 aromatic heterocycles. The predicted octanol–water partition coefficient (Wildman–Crippen LogP) is 2.51. The number of hydrogen-bond donors (Lipinski definition) is 0. The Balaban J connectivity index is 2.39. The van der Waals surface area contributed by atoms with Gasteiger partial charge in [-0.1, -0.05) is 6.07 Å². The molecular weight excluding hydrogens is 329 g/mol. The lowest BCUT2D eigenvalue weighted by molar-refractivity contribution is 0.408. The molecule has 0 bridgehead atoms. The van der Waals surface area contributed by atoms with Crippen LogP contribution in [0.1, 0.15) is 5.56 Å². The van der Waals surface area contributed by atoms with Gasteiger partial charge in [-0.3, -0.25) is 4.79 Å². The van der Waals surface area contributed by atoms with E-state index in [1.807, 2.05) is 24.3 Å². The van der Waals surface area contributed by atoms with Gasteiger partial charge in [0.2, 0.25) is 0 Å². The zero-order valence-electron chi connectivity index (χ0n) is 9.39. The van der Waals surface area contributed by atoms with Gasteiger partial charge in [-0.25, -0.2) is 0 Å². The summed E-state index contributed by atoms with van der Waals surface area (Å²) < 4.78 is 8.08. The highest BCUT2D eigenvalue weighted by molar-refractivity contribution is 14.1. The number of ether oxygens (including phenoxy) is 1. The maximum atomic E-state index is 11.6. The van der Waals surface area contributed by atoms with E-state index in [4.69, 9.17) is 4.74 Å². The minimum atomic E-state index is -0.00610. The minimum Gasteiger partial charge on any atom is -0.496 e. The number of rotatable bonds is 3. The second kappa shape index (κ2) is 5.35. The van der Waals surface area contributed by atoms with Crippen LogP contribution in [0.4, 0.5) is 0 Å². The van der Waals surface area contributed by atoms with Gasteiger partial charge >= 0.3 is 0 Å². The van der Waals surface area contributed by atoms with Crippen molar-refractivity contribution in [2.75, 3.05) is 7.11 Å². The molecule has 0 saturated heterocycles. The molecule has 0 unspecified atom stereocenters. The van der Waals surface area contributed by atoms with Gasteiger partial charge in [0, 0.05) is 21.4 Å². The molecule has 0 aliphatic heterocycles. The van der Waals surface area contributed by atoms with Gasteiger partial charge in [-0.15, -0.1) is 0 Å². The van der Waals surface area contributed by atoms with E-state index in [0.29, 0.717) is 6.54 Å². The third kappa shape index (κ3) is 2.88. The van der Waals surface area contributed by atoms with Gasteiger partial charge in [0.1, 0.15) is 5.75 Å². The number of aromatic nitrogens is 1. The van der Waals surface area contributed by atoms with E-state index in [2.05, 4.69) is 22.6 Å². The summed E-state index contributed by atoms with van der Waals surface area (Å²) >= 11 is 2.25. The number of pyridine rings is 1. The topological polar surface area (TPSA) is 31.2 Å². The molecule has 0 spiro atoms. The van der Waals surface area contributed by atoms with Crippen LogP contribution >= 0.6 is 22.6 Å². The fraction of sp³-hybridized carbons (Fsp3) is 0.154. The quantitative estimate of drug-likeness (QED) is 0.804. The minimum absolute atomic E-state index is 0.00610. The third-order valence-electron chi connectivity index (χ3n) is 2.48. The summed E-state index contributed by atoms with van der Waals surface area (Å²) in [4.78, 5) is 11.6. The van der Waals surface area contributed by atoms with Gasteiger partial charge in [0.15, 0.2) is 0 Å². The maximum absolute atomic E-state index is 11.6. The summed E-state index contributed by atoms with van der Waals surface area (Å²) in [5, 5.41) is 0. The Morgan fingerprint density at radius 2 is 2.12 bits per heavy atom. The third-order valence-corrected chi connectivity index (χ3v) is 3.15. The van der Waals surface area contributed by atoms with Crippen LogP contribution in [0, 0.1) is 3.57 Å². The van der Waals surface area contributed by atoms with Gasteiger partial charge in [0.25, 0.3) is 5.56 Å². The summed E-state index contributed by atoms with van der Waals surface area (Å²) in [5.74, 6) is 0.807. The predicted molar refractivity (Wildman–Crippen MR) is 75.5 cm³/mol. The molecule has 0 saturated carbocycles. The number of benzene rings is 1. The zero-order valence-corrected chi connectivity index (χ0v) is 11.5. The van der Waals surface area contributed by atoms with Crippen LogP contribution in [-0.2, 0) is 6.54 Å². The standard InChI is InChI=1S/C13H12INO2/c1-17-12-6-5-11(14)8-10(12)9-15-7-3-2-4-13(15)16/h2-8H,9H2,1H3. The molecule has 88 valence electrons. The molecule has 0 fully saturated rings. The largest absolute Gasteiger partial charge is 0.496 e. The van der Waals surface area contributed by atoms with Crippen molar-refractivity contribution in [3.63, 3.8) is 0 Å². The van der Waals surface area contributed by atoms with Crippen molar-refractivity contribution in [2.45, 2.75) is 6.54 Å². The van der Waals surface area contributed by atoms with Gasteiger partial charge in [-0.05, 0) is 46.9 Å². The van der Waals surface area contributed by atoms with E-state index in [1.54, 1.807) is 30.0 Å². The number of halogens is 1. The highest BCUT2D eigenvalue weighted by atomic mass is 127. The molecule has 2 rings (SSSR count).